The first-order valence-corrected chi connectivity index (χ1v) is 5.53. The molecule has 1 aliphatic heterocycles. The van der Waals surface area contributed by atoms with Gasteiger partial charge in [0.15, 0.2) is 0 Å². The molecular formula is C6H7I2N3. The maximum Gasteiger partial charge on any atom is 0.132 e. The van der Waals surface area contributed by atoms with Gasteiger partial charge < -0.3 is 9.88 Å². The first kappa shape index (κ1) is 8.24. The monoisotopic (exact) mass is 375 g/mol. The molecule has 0 spiro atoms. The number of aromatic nitrogens is 2. The molecule has 2 rings (SSSR count). The van der Waals surface area contributed by atoms with Gasteiger partial charge >= 0.3 is 0 Å². The number of rotatable bonds is 1. The number of imidazole rings is 1. The van der Waals surface area contributed by atoms with Crippen molar-refractivity contribution in [1.82, 2.24) is 14.9 Å². The Balaban J connectivity index is 2.29. The van der Waals surface area contributed by atoms with Crippen LogP contribution in [-0.2, 0) is 0 Å². The molecule has 11 heavy (non-hydrogen) atoms. The summed E-state index contributed by atoms with van der Waals surface area (Å²) < 4.78 is 4.60. The lowest BCUT2D eigenvalue weighted by atomic mass is 10.2. The highest BCUT2D eigenvalue weighted by atomic mass is 127. The van der Waals surface area contributed by atoms with E-state index in [0.29, 0.717) is 6.04 Å². The Labute approximate surface area is 92.2 Å². The minimum atomic E-state index is 0.637. The van der Waals surface area contributed by atoms with Gasteiger partial charge in [-0.2, -0.15) is 0 Å². The van der Waals surface area contributed by atoms with Crippen molar-refractivity contribution in [2.24, 2.45) is 0 Å². The molecule has 5 heteroatoms. The minimum Gasteiger partial charge on any atom is -0.319 e. The summed E-state index contributed by atoms with van der Waals surface area (Å²) in [4.78, 5) is 4.23. The number of hydrogen-bond donors (Lipinski definition) is 1. The molecule has 0 aliphatic carbocycles. The molecule has 1 fully saturated rings. The van der Waals surface area contributed by atoms with E-state index in [9.17, 15) is 0 Å². The van der Waals surface area contributed by atoms with E-state index in [0.717, 1.165) is 16.8 Å². The van der Waals surface area contributed by atoms with Gasteiger partial charge in [0.1, 0.15) is 7.40 Å². The van der Waals surface area contributed by atoms with E-state index in [1.54, 1.807) is 0 Å². The first-order chi connectivity index (χ1) is 5.29. The highest BCUT2D eigenvalue weighted by Gasteiger charge is 2.21. The van der Waals surface area contributed by atoms with Crippen LogP contribution in [0, 0.1) is 7.40 Å². The summed E-state index contributed by atoms with van der Waals surface area (Å²) in [7, 11) is 0. The number of nitrogens with one attached hydrogen (secondary N) is 1. The van der Waals surface area contributed by atoms with Gasteiger partial charge in [-0.05, 0) is 45.2 Å². The van der Waals surface area contributed by atoms with E-state index in [1.807, 2.05) is 6.33 Å². The average Bonchev–Trinajstić information content (AvgIpc) is 2.15. The molecule has 0 radical (unpaired) electrons. The lowest BCUT2D eigenvalue weighted by molar-refractivity contribution is 0.338. The van der Waals surface area contributed by atoms with Crippen molar-refractivity contribution in [3.63, 3.8) is 0 Å². The normalized spacial score (nSPS) is 18.4. The predicted octanol–water partition coefficient (Wildman–Crippen LogP) is 1.24. The zero-order valence-corrected chi connectivity index (χ0v) is 10.0. The SMILES string of the molecule is Ic1ncn(C2CNC2)c1I. The van der Waals surface area contributed by atoms with Crippen molar-refractivity contribution in [3.05, 3.63) is 13.7 Å². The Morgan fingerprint density at radius 2 is 2.27 bits per heavy atom. The van der Waals surface area contributed by atoms with Crippen molar-refractivity contribution >= 4 is 45.2 Å². The molecule has 1 aromatic heterocycles. The van der Waals surface area contributed by atoms with Crippen LogP contribution in [0.1, 0.15) is 6.04 Å². The van der Waals surface area contributed by atoms with Crippen molar-refractivity contribution in [3.8, 4) is 0 Å². The van der Waals surface area contributed by atoms with Crippen LogP contribution in [0.4, 0.5) is 0 Å². The molecule has 0 unspecified atom stereocenters. The highest BCUT2D eigenvalue weighted by molar-refractivity contribution is 14.1. The summed E-state index contributed by atoms with van der Waals surface area (Å²) in [5.74, 6) is 0. The van der Waals surface area contributed by atoms with Crippen molar-refractivity contribution < 1.29 is 0 Å². The smallest absolute Gasteiger partial charge is 0.132 e. The number of nitrogens with zero attached hydrogens (tertiary/aromatic N) is 2. The third-order valence-electron chi connectivity index (χ3n) is 1.85. The molecule has 1 N–H and O–H groups in total. The molecule has 0 saturated carbocycles. The fourth-order valence-corrected chi connectivity index (χ4v) is 2.11. The van der Waals surface area contributed by atoms with Gasteiger partial charge in [-0.1, -0.05) is 0 Å². The highest BCUT2D eigenvalue weighted by Crippen LogP contribution is 2.19. The summed E-state index contributed by atoms with van der Waals surface area (Å²) in [6.45, 7) is 2.17. The van der Waals surface area contributed by atoms with E-state index in [2.05, 4.69) is 60.0 Å². The molecule has 1 aliphatic rings. The minimum absolute atomic E-state index is 0.637. The van der Waals surface area contributed by atoms with Gasteiger partial charge in [0.2, 0.25) is 0 Å². The molecule has 3 nitrogen and oxygen atoms in total. The standard InChI is InChI=1S/C6H7I2N3/c7-5-6(8)11(3-10-5)4-1-9-2-4/h3-4,9H,1-2H2. The van der Waals surface area contributed by atoms with Crippen molar-refractivity contribution in [2.45, 2.75) is 6.04 Å². The molecule has 1 aromatic rings. The Morgan fingerprint density at radius 1 is 1.55 bits per heavy atom. The van der Waals surface area contributed by atoms with Crippen LogP contribution in [0.3, 0.4) is 0 Å². The molecule has 0 amide bonds. The van der Waals surface area contributed by atoms with Crippen molar-refractivity contribution in [2.75, 3.05) is 13.1 Å². The topological polar surface area (TPSA) is 29.9 Å². The zero-order chi connectivity index (χ0) is 7.84. The second-order valence-electron chi connectivity index (χ2n) is 2.55. The lowest BCUT2D eigenvalue weighted by Gasteiger charge is -2.28. The second kappa shape index (κ2) is 3.17. The zero-order valence-electron chi connectivity index (χ0n) is 5.72. The van der Waals surface area contributed by atoms with E-state index >= 15 is 0 Å². The van der Waals surface area contributed by atoms with Gasteiger partial charge in [-0.25, -0.2) is 4.98 Å². The third kappa shape index (κ3) is 1.42. The maximum atomic E-state index is 4.23. The molecule has 0 bridgehead atoms. The second-order valence-corrected chi connectivity index (χ2v) is 4.59. The summed E-state index contributed by atoms with van der Waals surface area (Å²) in [6, 6.07) is 0.637. The first-order valence-electron chi connectivity index (χ1n) is 3.37. The Kier molecular flexibility index (Phi) is 2.38. The number of hydrogen-bond acceptors (Lipinski definition) is 2. The van der Waals surface area contributed by atoms with Gasteiger partial charge in [0.05, 0.1) is 12.4 Å². The Morgan fingerprint density at radius 3 is 2.64 bits per heavy atom. The summed E-state index contributed by atoms with van der Waals surface area (Å²) >= 11 is 4.60. The quantitative estimate of drug-likeness (QED) is 0.749. The fourth-order valence-electron chi connectivity index (χ4n) is 1.05. The Bertz CT molecular complexity index is 267. The van der Waals surface area contributed by atoms with Crippen LogP contribution in [0.15, 0.2) is 6.33 Å². The van der Waals surface area contributed by atoms with Crippen LogP contribution in [0.25, 0.3) is 0 Å². The third-order valence-corrected chi connectivity index (χ3v) is 4.74. The molecule has 0 aromatic carbocycles. The van der Waals surface area contributed by atoms with Crippen molar-refractivity contribution in [1.29, 1.82) is 0 Å². The van der Waals surface area contributed by atoms with Gasteiger partial charge in [-0.15, -0.1) is 0 Å². The van der Waals surface area contributed by atoms with Crippen LogP contribution in [0.2, 0.25) is 0 Å². The van der Waals surface area contributed by atoms with E-state index < -0.39 is 0 Å². The summed E-state index contributed by atoms with van der Waals surface area (Å²) in [6.07, 6.45) is 1.93. The van der Waals surface area contributed by atoms with Gasteiger partial charge in [-0.3, -0.25) is 0 Å². The van der Waals surface area contributed by atoms with Crippen LogP contribution >= 0.6 is 45.2 Å². The number of halogens is 2. The molecule has 0 atom stereocenters. The van der Waals surface area contributed by atoms with Gasteiger partial charge in [0, 0.05) is 13.1 Å². The van der Waals surface area contributed by atoms with Gasteiger partial charge in [0.25, 0.3) is 0 Å². The Hall–Kier alpha value is 0.630. The predicted molar refractivity (Wildman–Crippen MR) is 59.6 cm³/mol. The van der Waals surface area contributed by atoms with Crippen LogP contribution in [0.5, 0.6) is 0 Å². The molecule has 2 heterocycles. The molecule has 1 saturated heterocycles. The molecular weight excluding hydrogens is 368 g/mol. The van der Waals surface area contributed by atoms with Crippen LogP contribution < -0.4 is 5.32 Å². The summed E-state index contributed by atoms with van der Waals surface area (Å²) in [5.41, 5.74) is 0. The average molecular weight is 375 g/mol. The van der Waals surface area contributed by atoms with Crippen LogP contribution in [-0.4, -0.2) is 22.6 Å². The largest absolute Gasteiger partial charge is 0.319 e. The lowest BCUT2D eigenvalue weighted by Crippen LogP contribution is -2.43. The fraction of sp³-hybridized carbons (Fsp3) is 0.500. The van der Waals surface area contributed by atoms with E-state index in [1.165, 1.54) is 3.70 Å². The maximum absolute atomic E-state index is 4.23. The van der Waals surface area contributed by atoms with E-state index in [-0.39, 0.29) is 0 Å². The van der Waals surface area contributed by atoms with E-state index in [4.69, 9.17) is 0 Å². The molecule has 60 valence electrons. The summed E-state index contributed by atoms with van der Waals surface area (Å²) in [5, 5.41) is 3.24.